The van der Waals surface area contributed by atoms with Crippen LogP contribution in [0.5, 0.6) is 0 Å². The molecular formula is C14H12BrN3OS. The van der Waals surface area contributed by atoms with Crippen molar-refractivity contribution >= 4 is 27.3 Å². The van der Waals surface area contributed by atoms with E-state index >= 15 is 0 Å². The fourth-order valence-electron chi connectivity index (χ4n) is 1.76. The van der Waals surface area contributed by atoms with E-state index in [2.05, 4.69) is 37.5 Å². The number of nitrogens with one attached hydrogen (secondary N) is 1. The normalized spacial score (nSPS) is 10.8. The third kappa shape index (κ3) is 3.33. The minimum Gasteiger partial charge on any atom is -0.419 e. The molecule has 102 valence electrons. The summed E-state index contributed by atoms with van der Waals surface area (Å²) in [5.41, 5.74) is 0.938. The highest BCUT2D eigenvalue weighted by atomic mass is 79.9. The summed E-state index contributed by atoms with van der Waals surface area (Å²) < 4.78 is 6.76. The largest absolute Gasteiger partial charge is 0.419 e. The Bertz CT molecular complexity index is 681. The summed E-state index contributed by atoms with van der Waals surface area (Å²) in [7, 11) is 0. The lowest BCUT2D eigenvalue weighted by atomic mass is 10.2. The summed E-state index contributed by atoms with van der Waals surface area (Å²) in [6, 6.07) is 13.9. The van der Waals surface area contributed by atoms with Gasteiger partial charge in [-0.1, -0.05) is 18.2 Å². The van der Waals surface area contributed by atoms with Gasteiger partial charge in [-0.05, 0) is 40.2 Å². The van der Waals surface area contributed by atoms with Crippen molar-refractivity contribution in [3.05, 3.63) is 57.0 Å². The van der Waals surface area contributed by atoms with Gasteiger partial charge in [0.2, 0.25) is 11.8 Å². The molecule has 3 rings (SSSR count). The van der Waals surface area contributed by atoms with Gasteiger partial charge in [0, 0.05) is 17.0 Å². The van der Waals surface area contributed by atoms with Crippen molar-refractivity contribution in [2.45, 2.75) is 13.1 Å². The fraction of sp³-hybridized carbons (Fsp3) is 0.143. The van der Waals surface area contributed by atoms with Crippen LogP contribution in [0.2, 0.25) is 0 Å². The average molecular weight is 350 g/mol. The lowest BCUT2D eigenvalue weighted by molar-refractivity contribution is 0.478. The van der Waals surface area contributed by atoms with Crippen LogP contribution in [0.4, 0.5) is 0 Å². The van der Waals surface area contributed by atoms with E-state index in [9.17, 15) is 0 Å². The van der Waals surface area contributed by atoms with Crippen molar-refractivity contribution in [2.75, 3.05) is 0 Å². The first-order valence-corrected chi connectivity index (χ1v) is 7.75. The van der Waals surface area contributed by atoms with E-state index in [1.807, 2.05) is 36.4 Å². The first-order chi connectivity index (χ1) is 9.81. The summed E-state index contributed by atoms with van der Waals surface area (Å²) in [5.74, 6) is 1.15. The summed E-state index contributed by atoms with van der Waals surface area (Å²) in [6.45, 7) is 1.36. The van der Waals surface area contributed by atoms with Crippen molar-refractivity contribution in [2.24, 2.45) is 0 Å². The number of rotatable bonds is 5. The Hall–Kier alpha value is -1.50. The van der Waals surface area contributed by atoms with E-state index in [1.54, 1.807) is 11.3 Å². The molecule has 0 saturated carbocycles. The zero-order chi connectivity index (χ0) is 13.8. The fourth-order valence-corrected chi connectivity index (χ4v) is 3.21. The first-order valence-electron chi connectivity index (χ1n) is 6.14. The Kier molecular flexibility index (Phi) is 4.25. The summed E-state index contributed by atoms with van der Waals surface area (Å²) in [5, 5.41) is 11.4. The Morgan fingerprint density at radius 1 is 1.05 bits per heavy atom. The quantitative estimate of drug-likeness (QED) is 0.759. The zero-order valence-corrected chi connectivity index (χ0v) is 12.9. The van der Waals surface area contributed by atoms with E-state index in [4.69, 9.17) is 4.42 Å². The maximum absolute atomic E-state index is 5.62. The van der Waals surface area contributed by atoms with E-state index in [1.165, 1.54) is 4.88 Å². The van der Waals surface area contributed by atoms with Crippen molar-refractivity contribution in [3.8, 4) is 11.5 Å². The Morgan fingerprint density at radius 3 is 2.65 bits per heavy atom. The lowest BCUT2D eigenvalue weighted by Gasteiger charge is -1.98. The van der Waals surface area contributed by atoms with E-state index in [-0.39, 0.29) is 0 Å². The van der Waals surface area contributed by atoms with Crippen molar-refractivity contribution in [1.82, 2.24) is 15.5 Å². The highest BCUT2D eigenvalue weighted by Gasteiger charge is 2.07. The van der Waals surface area contributed by atoms with Crippen LogP contribution in [0.1, 0.15) is 10.8 Å². The molecule has 2 aromatic heterocycles. The molecule has 0 radical (unpaired) electrons. The van der Waals surface area contributed by atoms with Crippen LogP contribution in [0.3, 0.4) is 0 Å². The lowest BCUT2D eigenvalue weighted by Crippen LogP contribution is -2.11. The van der Waals surface area contributed by atoms with Gasteiger partial charge in [-0.2, -0.15) is 0 Å². The Labute approximate surface area is 129 Å². The predicted octanol–water partition coefficient (Wildman–Crippen LogP) is 3.85. The molecule has 4 nitrogen and oxygen atoms in total. The highest BCUT2D eigenvalue weighted by Crippen LogP contribution is 2.22. The van der Waals surface area contributed by atoms with Crippen molar-refractivity contribution in [3.63, 3.8) is 0 Å². The molecule has 0 spiro atoms. The van der Waals surface area contributed by atoms with Crippen LogP contribution in [-0.2, 0) is 13.1 Å². The Balaban J connectivity index is 1.58. The SMILES string of the molecule is Brc1ccc(CNCc2nnc(-c3ccccc3)o2)s1. The molecule has 20 heavy (non-hydrogen) atoms. The van der Waals surface area contributed by atoms with Crippen LogP contribution in [0, 0.1) is 0 Å². The second-order valence-corrected chi connectivity index (χ2v) is 6.72. The minimum absolute atomic E-state index is 0.557. The van der Waals surface area contributed by atoms with E-state index in [0.29, 0.717) is 18.3 Å². The van der Waals surface area contributed by atoms with Gasteiger partial charge in [0.25, 0.3) is 0 Å². The van der Waals surface area contributed by atoms with Gasteiger partial charge in [-0.25, -0.2) is 0 Å². The number of aromatic nitrogens is 2. The molecule has 3 aromatic rings. The van der Waals surface area contributed by atoms with Crippen LogP contribution in [0.15, 0.2) is 50.7 Å². The molecule has 0 aliphatic heterocycles. The number of hydrogen-bond acceptors (Lipinski definition) is 5. The molecule has 0 aliphatic carbocycles. The van der Waals surface area contributed by atoms with Gasteiger partial charge in [0.1, 0.15) is 0 Å². The Morgan fingerprint density at radius 2 is 1.90 bits per heavy atom. The van der Waals surface area contributed by atoms with Gasteiger partial charge in [-0.3, -0.25) is 0 Å². The second-order valence-electron chi connectivity index (χ2n) is 4.18. The molecule has 2 heterocycles. The predicted molar refractivity (Wildman–Crippen MR) is 82.3 cm³/mol. The summed E-state index contributed by atoms with van der Waals surface area (Å²) in [4.78, 5) is 1.26. The smallest absolute Gasteiger partial charge is 0.247 e. The van der Waals surface area contributed by atoms with Crippen LogP contribution < -0.4 is 5.32 Å². The van der Waals surface area contributed by atoms with Crippen LogP contribution in [-0.4, -0.2) is 10.2 Å². The van der Waals surface area contributed by atoms with E-state index < -0.39 is 0 Å². The molecule has 6 heteroatoms. The molecule has 1 aromatic carbocycles. The molecule has 0 saturated heterocycles. The topological polar surface area (TPSA) is 51.0 Å². The van der Waals surface area contributed by atoms with Gasteiger partial charge in [-0.15, -0.1) is 21.5 Å². The molecule has 0 aliphatic rings. The van der Waals surface area contributed by atoms with Gasteiger partial charge in [0.15, 0.2) is 0 Å². The minimum atomic E-state index is 0.557. The maximum Gasteiger partial charge on any atom is 0.247 e. The molecular weight excluding hydrogens is 338 g/mol. The van der Waals surface area contributed by atoms with Gasteiger partial charge >= 0.3 is 0 Å². The molecule has 1 N–H and O–H groups in total. The number of halogens is 1. The third-order valence-electron chi connectivity index (χ3n) is 2.69. The van der Waals surface area contributed by atoms with Gasteiger partial charge in [0.05, 0.1) is 10.3 Å². The van der Waals surface area contributed by atoms with Crippen LogP contribution >= 0.6 is 27.3 Å². The number of nitrogens with zero attached hydrogens (tertiary/aromatic N) is 2. The molecule has 0 fully saturated rings. The third-order valence-corrected chi connectivity index (χ3v) is 4.32. The van der Waals surface area contributed by atoms with Gasteiger partial charge < -0.3 is 9.73 Å². The van der Waals surface area contributed by atoms with E-state index in [0.717, 1.165) is 15.9 Å². The standard InChI is InChI=1S/C14H12BrN3OS/c15-12-7-6-11(20-12)8-16-9-13-17-18-14(19-13)10-4-2-1-3-5-10/h1-7,16H,8-9H2. The zero-order valence-electron chi connectivity index (χ0n) is 10.5. The summed E-state index contributed by atoms with van der Waals surface area (Å²) >= 11 is 5.16. The first kappa shape index (κ1) is 13.5. The van der Waals surface area contributed by atoms with Crippen molar-refractivity contribution < 1.29 is 4.42 Å². The molecule has 0 amide bonds. The number of benzene rings is 1. The van der Waals surface area contributed by atoms with Crippen LogP contribution in [0.25, 0.3) is 11.5 Å². The molecule has 0 bridgehead atoms. The monoisotopic (exact) mass is 349 g/mol. The highest BCUT2D eigenvalue weighted by molar-refractivity contribution is 9.11. The number of hydrogen-bond donors (Lipinski definition) is 1. The number of thiophene rings is 1. The maximum atomic E-state index is 5.62. The van der Waals surface area contributed by atoms with Crippen molar-refractivity contribution in [1.29, 1.82) is 0 Å². The summed E-state index contributed by atoms with van der Waals surface area (Å²) in [6.07, 6.45) is 0. The molecule has 0 atom stereocenters. The average Bonchev–Trinajstić information content (AvgIpc) is 3.09. The molecule has 0 unspecified atom stereocenters. The second kappa shape index (κ2) is 6.30.